The molecule has 7 nitrogen and oxygen atoms in total. The number of anilines is 1. The third-order valence-corrected chi connectivity index (χ3v) is 5.60. The van der Waals surface area contributed by atoms with E-state index in [-0.39, 0.29) is 16.5 Å². The summed E-state index contributed by atoms with van der Waals surface area (Å²) in [6.07, 6.45) is 0.665. The fourth-order valence-corrected chi connectivity index (χ4v) is 3.71. The third-order valence-electron chi connectivity index (χ3n) is 4.02. The fraction of sp³-hybridized carbons (Fsp3) is 0.316. The normalized spacial score (nSPS) is 12.3. The summed E-state index contributed by atoms with van der Waals surface area (Å²) >= 11 is 0. The Kier molecular flexibility index (Phi) is 6.81. The van der Waals surface area contributed by atoms with E-state index in [9.17, 15) is 13.2 Å². The number of nitrogens with one attached hydrogen (secondary N) is 2. The van der Waals surface area contributed by atoms with Crippen molar-refractivity contribution in [1.29, 1.82) is 0 Å². The second kappa shape index (κ2) is 8.88. The zero-order chi connectivity index (χ0) is 20.0. The molecule has 0 saturated carbocycles. The molecule has 0 fully saturated rings. The zero-order valence-electron chi connectivity index (χ0n) is 15.8. The lowest BCUT2D eigenvalue weighted by Crippen LogP contribution is -2.32. The van der Waals surface area contributed by atoms with Crippen molar-refractivity contribution in [3.63, 3.8) is 0 Å². The van der Waals surface area contributed by atoms with E-state index in [0.717, 1.165) is 0 Å². The van der Waals surface area contributed by atoms with Crippen molar-refractivity contribution in [2.45, 2.75) is 31.2 Å². The van der Waals surface area contributed by atoms with Gasteiger partial charge in [0.2, 0.25) is 10.0 Å². The second-order valence-corrected chi connectivity index (χ2v) is 7.70. The predicted octanol–water partition coefficient (Wildman–Crippen LogP) is 3.03. The lowest BCUT2D eigenvalue weighted by molar-refractivity contribution is 0.102. The van der Waals surface area contributed by atoms with Crippen molar-refractivity contribution in [3.05, 3.63) is 48.0 Å². The number of carbonyl (C=O) groups is 1. The van der Waals surface area contributed by atoms with Crippen LogP contribution in [0.25, 0.3) is 0 Å². The van der Waals surface area contributed by atoms with Crippen molar-refractivity contribution in [2.75, 3.05) is 19.5 Å². The van der Waals surface area contributed by atoms with Crippen LogP contribution in [0.3, 0.4) is 0 Å². The van der Waals surface area contributed by atoms with Crippen molar-refractivity contribution in [2.24, 2.45) is 0 Å². The van der Waals surface area contributed by atoms with Crippen LogP contribution in [-0.4, -0.2) is 34.6 Å². The Hall–Kier alpha value is -2.58. The fourth-order valence-electron chi connectivity index (χ4n) is 2.34. The Morgan fingerprint density at radius 1 is 1.07 bits per heavy atom. The molecule has 1 atom stereocenters. The monoisotopic (exact) mass is 392 g/mol. The van der Waals surface area contributed by atoms with Crippen LogP contribution < -0.4 is 19.5 Å². The van der Waals surface area contributed by atoms with Gasteiger partial charge in [-0.2, -0.15) is 0 Å². The molecule has 1 unspecified atom stereocenters. The topological polar surface area (TPSA) is 93.7 Å². The van der Waals surface area contributed by atoms with E-state index in [1.165, 1.54) is 32.4 Å². The van der Waals surface area contributed by atoms with Crippen LogP contribution in [0, 0.1) is 0 Å². The Bertz CT molecular complexity index is 912. The van der Waals surface area contributed by atoms with E-state index in [1.54, 1.807) is 31.2 Å². The first-order valence-corrected chi connectivity index (χ1v) is 9.94. The van der Waals surface area contributed by atoms with Gasteiger partial charge in [0.15, 0.2) is 11.5 Å². The standard InChI is InChI=1S/C19H24N2O5S/c1-5-13(2)21-27(23,24)16-8-6-7-14(11-16)19(22)20-15-9-10-17(25-3)18(12-15)26-4/h6-13,21H,5H2,1-4H3,(H,20,22). The lowest BCUT2D eigenvalue weighted by atomic mass is 10.2. The van der Waals surface area contributed by atoms with Gasteiger partial charge in [0.05, 0.1) is 19.1 Å². The second-order valence-electron chi connectivity index (χ2n) is 5.98. The summed E-state index contributed by atoms with van der Waals surface area (Å²) in [6.45, 7) is 3.67. The quantitative estimate of drug-likeness (QED) is 0.720. The Labute approximate surface area is 159 Å². The first kappa shape index (κ1) is 20.7. The van der Waals surface area contributed by atoms with E-state index >= 15 is 0 Å². The maximum Gasteiger partial charge on any atom is 0.255 e. The number of hydrogen-bond acceptors (Lipinski definition) is 5. The molecule has 2 rings (SSSR count). The summed E-state index contributed by atoms with van der Waals surface area (Å²) < 4.78 is 37.8. The molecule has 0 bridgehead atoms. The van der Waals surface area contributed by atoms with Gasteiger partial charge in [-0.3, -0.25) is 4.79 Å². The lowest BCUT2D eigenvalue weighted by Gasteiger charge is -2.13. The number of methoxy groups -OCH3 is 2. The SMILES string of the molecule is CCC(C)NS(=O)(=O)c1cccc(C(=O)Nc2ccc(OC)c(OC)c2)c1. The van der Waals surface area contributed by atoms with Crippen LogP contribution >= 0.6 is 0 Å². The minimum atomic E-state index is -3.69. The zero-order valence-corrected chi connectivity index (χ0v) is 16.6. The first-order chi connectivity index (χ1) is 12.8. The Morgan fingerprint density at radius 3 is 2.41 bits per heavy atom. The number of rotatable bonds is 8. The molecule has 146 valence electrons. The average molecular weight is 392 g/mol. The van der Waals surface area contributed by atoms with Gasteiger partial charge < -0.3 is 14.8 Å². The smallest absolute Gasteiger partial charge is 0.255 e. The van der Waals surface area contributed by atoms with Crippen LogP contribution in [0.4, 0.5) is 5.69 Å². The Balaban J connectivity index is 2.23. The summed E-state index contributed by atoms with van der Waals surface area (Å²) in [6, 6.07) is 10.7. The molecule has 8 heteroatoms. The highest BCUT2D eigenvalue weighted by molar-refractivity contribution is 7.89. The summed E-state index contributed by atoms with van der Waals surface area (Å²) in [7, 11) is -0.661. The van der Waals surface area contributed by atoms with Crippen molar-refractivity contribution in [3.8, 4) is 11.5 Å². The molecule has 0 spiro atoms. The summed E-state index contributed by atoms with van der Waals surface area (Å²) in [5.41, 5.74) is 0.737. The highest BCUT2D eigenvalue weighted by atomic mass is 32.2. The number of sulfonamides is 1. The van der Waals surface area contributed by atoms with Gasteiger partial charge in [0.1, 0.15) is 0 Å². The predicted molar refractivity (Wildman–Crippen MR) is 104 cm³/mol. The molecule has 0 aromatic heterocycles. The molecule has 0 saturated heterocycles. The molecule has 0 heterocycles. The van der Waals surface area contributed by atoms with Gasteiger partial charge in [-0.1, -0.05) is 13.0 Å². The van der Waals surface area contributed by atoms with Gasteiger partial charge in [0.25, 0.3) is 5.91 Å². The third kappa shape index (κ3) is 5.21. The molecule has 2 N–H and O–H groups in total. The minimum absolute atomic E-state index is 0.0442. The van der Waals surface area contributed by atoms with Crippen molar-refractivity contribution >= 4 is 21.6 Å². The van der Waals surface area contributed by atoms with Gasteiger partial charge in [0, 0.05) is 23.4 Å². The van der Waals surface area contributed by atoms with Crippen LogP contribution in [0.2, 0.25) is 0 Å². The molecule has 0 aliphatic rings. The van der Waals surface area contributed by atoms with Crippen LogP contribution in [0.1, 0.15) is 30.6 Å². The molecule has 0 aliphatic heterocycles. The summed E-state index contributed by atoms with van der Waals surface area (Å²) in [5.74, 6) is 0.590. The van der Waals surface area contributed by atoms with Gasteiger partial charge in [-0.25, -0.2) is 13.1 Å². The maximum atomic E-state index is 12.5. The molecule has 0 aliphatic carbocycles. The van der Waals surface area contributed by atoms with Crippen molar-refractivity contribution < 1.29 is 22.7 Å². The van der Waals surface area contributed by atoms with Crippen molar-refractivity contribution in [1.82, 2.24) is 4.72 Å². The largest absolute Gasteiger partial charge is 0.493 e. The van der Waals surface area contributed by atoms with E-state index in [2.05, 4.69) is 10.0 Å². The van der Waals surface area contributed by atoms with Crippen LogP contribution in [-0.2, 0) is 10.0 Å². The number of amides is 1. The summed E-state index contributed by atoms with van der Waals surface area (Å²) in [5, 5.41) is 2.73. The van der Waals surface area contributed by atoms with Crippen LogP contribution in [0.15, 0.2) is 47.4 Å². The average Bonchev–Trinajstić information content (AvgIpc) is 2.67. The molecular formula is C19H24N2O5S. The first-order valence-electron chi connectivity index (χ1n) is 8.46. The van der Waals surface area contributed by atoms with E-state index in [0.29, 0.717) is 23.6 Å². The summed E-state index contributed by atoms with van der Waals surface area (Å²) in [4.78, 5) is 12.6. The minimum Gasteiger partial charge on any atom is -0.493 e. The number of ether oxygens (including phenoxy) is 2. The number of carbonyl (C=O) groups excluding carboxylic acids is 1. The van der Waals surface area contributed by atoms with Crippen LogP contribution in [0.5, 0.6) is 11.5 Å². The number of hydrogen-bond donors (Lipinski definition) is 2. The molecule has 1 amide bonds. The molecular weight excluding hydrogens is 368 g/mol. The van der Waals surface area contributed by atoms with E-state index in [1.807, 2.05) is 6.92 Å². The molecule has 2 aromatic rings. The molecule has 27 heavy (non-hydrogen) atoms. The highest BCUT2D eigenvalue weighted by Gasteiger charge is 2.18. The van der Waals surface area contributed by atoms with Gasteiger partial charge >= 0.3 is 0 Å². The molecule has 2 aromatic carbocycles. The molecule has 0 radical (unpaired) electrons. The maximum absolute atomic E-state index is 12.5. The van der Waals surface area contributed by atoms with E-state index < -0.39 is 15.9 Å². The Morgan fingerprint density at radius 2 is 1.78 bits per heavy atom. The van der Waals surface area contributed by atoms with Gasteiger partial charge in [-0.05, 0) is 43.7 Å². The van der Waals surface area contributed by atoms with Gasteiger partial charge in [-0.15, -0.1) is 0 Å². The number of benzene rings is 2. The highest BCUT2D eigenvalue weighted by Crippen LogP contribution is 2.30. The van der Waals surface area contributed by atoms with E-state index in [4.69, 9.17) is 9.47 Å².